The lowest BCUT2D eigenvalue weighted by Gasteiger charge is -2.13. The van der Waals surface area contributed by atoms with Crippen molar-refractivity contribution in [2.75, 3.05) is 12.4 Å². The number of ether oxygens (including phenoxy) is 1. The standard InChI is InChI=1S/C10H17NO8S/c1-2-19-9(14)6-20(17,18)11-7(10(15)16)4-3-5-8(12)13/h7,11H,2-6H2,1H3,(H,12,13)(H,15,16)/t7-/m1/s1. The molecule has 0 bridgehead atoms. The molecule has 0 saturated carbocycles. The van der Waals surface area contributed by atoms with Crippen LogP contribution in [0.15, 0.2) is 0 Å². The predicted molar refractivity (Wildman–Crippen MR) is 66.5 cm³/mol. The van der Waals surface area contributed by atoms with E-state index in [0.29, 0.717) is 0 Å². The average Bonchev–Trinajstić information content (AvgIpc) is 2.26. The Morgan fingerprint density at radius 2 is 1.85 bits per heavy atom. The highest BCUT2D eigenvalue weighted by Gasteiger charge is 2.26. The SMILES string of the molecule is CCOC(=O)CS(=O)(=O)N[C@H](CCCC(=O)O)C(=O)O. The van der Waals surface area contributed by atoms with Crippen LogP contribution in [0.4, 0.5) is 0 Å². The number of aliphatic carboxylic acids is 2. The highest BCUT2D eigenvalue weighted by atomic mass is 32.2. The molecule has 0 aromatic carbocycles. The molecule has 0 rings (SSSR count). The van der Waals surface area contributed by atoms with Crippen LogP contribution in [0, 0.1) is 0 Å². The number of rotatable bonds is 10. The van der Waals surface area contributed by atoms with Gasteiger partial charge >= 0.3 is 17.9 Å². The van der Waals surface area contributed by atoms with E-state index in [1.54, 1.807) is 0 Å². The van der Waals surface area contributed by atoms with Gasteiger partial charge in [0, 0.05) is 6.42 Å². The van der Waals surface area contributed by atoms with Crippen molar-refractivity contribution in [3.05, 3.63) is 0 Å². The van der Waals surface area contributed by atoms with E-state index in [1.165, 1.54) is 6.92 Å². The van der Waals surface area contributed by atoms with Crippen molar-refractivity contribution in [1.82, 2.24) is 4.72 Å². The van der Waals surface area contributed by atoms with Crippen molar-refractivity contribution in [3.8, 4) is 0 Å². The molecule has 0 aliphatic rings. The van der Waals surface area contributed by atoms with Crippen LogP contribution < -0.4 is 4.72 Å². The summed E-state index contributed by atoms with van der Waals surface area (Å²) in [5.74, 6) is -4.52. The molecule has 0 spiro atoms. The van der Waals surface area contributed by atoms with E-state index >= 15 is 0 Å². The van der Waals surface area contributed by atoms with Crippen LogP contribution in [0.2, 0.25) is 0 Å². The Hall–Kier alpha value is -1.68. The lowest BCUT2D eigenvalue weighted by molar-refractivity contribution is -0.141. The van der Waals surface area contributed by atoms with Crippen LogP contribution in [-0.4, -0.2) is 54.9 Å². The smallest absolute Gasteiger partial charge is 0.322 e. The summed E-state index contributed by atoms with van der Waals surface area (Å²) in [5.41, 5.74) is 0. The molecule has 0 aliphatic carbocycles. The average molecular weight is 311 g/mol. The van der Waals surface area contributed by atoms with Gasteiger partial charge < -0.3 is 14.9 Å². The molecule has 0 saturated heterocycles. The predicted octanol–water partition coefficient (Wildman–Crippen LogP) is -0.823. The fraction of sp³-hybridized carbons (Fsp3) is 0.700. The molecule has 0 radical (unpaired) electrons. The van der Waals surface area contributed by atoms with Gasteiger partial charge in [-0.05, 0) is 19.8 Å². The van der Waals surface area contributed by atoms with E-state index in [-0.39, 0.29) is 25.9 Å². The quantitative estimate of drug-likeness (QED) is 0.443. The summed E-state index contributed by atoms with van der Waals surface area (Å²) >= 11 is 0. The Labute approximate surface area is 116 Å². The molecular formula is C10H17NO8S. The summed E-state index contributed by atoms with van der Waals surface area (Å²) in [6.07, 6.45) is -0.471. The largest absolute Gasteiger partial charge is 0.481 e. The van der Waals surface area contributed by atoms with Gasteiger partial charge in [0.05, 0.1) is 6.61 Å². The molecular weight excluding hydrogens is 294 g/mol. The first-order valence-corrected chi connectivity index (χ1v) is 7.43. The fourth-order valence-corrected chi connectivity index (χ4v) is 2.44. The Balaban J connectivity index is 4.53. The van der Waals surface area contributed by atoms with Crippen molar-refractivity contribution in [3.63, 3.8) is 0 Å². The number of nitrogens with one attached hydrogen (secondary N) is 1. The molecule has 0 aromatic rings. The molecule has 0 amide bonds. The van der Waals surface area contributed by atoms with Crippen LogP contribution >= 0.6 is 0 Å². The van der Waals surface area contributed by atoms with Gasteiger partial charge in [-0.1, -0.05) is 0 Å². The summed E-state index contributed by atoms with van der Waals surface area (Å²) in [6.45, 7) is 1.51. The summed E-state index contributed by atoms with van der Waals surface area (Å²) < 4.78 is 29.4. The minimum atomic E-state index is -4.15. The lowest BCUT2D eigenvalue weighted by atomic mass is 10.1. The van der Waals surface area contributed by atoms with Crippen LogP contribution in [0.3, 0.4) is 0 Å². The maximum Gasteiger partial charge on any atom is 0.322 e. The first-order valence-electron chi connectivity index (χ1n) is 5.78. The summed E-state index contributed by atoms with van der Waals surface area (Å²) in [6, 6.07) is -1.48. The Kier molecular flexibility index (Phi) is 7.77. The van der Waals surface area contributed by atoms with Crippen LogP contribution in [0.5, 0.6) is 0 Å². The second-order valence-corrected chi connectivity index (χ2v) is 5.61. The molecule has 9 nitrogen and oxygen atoms in total. The van der Waals surface area contributed by atoms with Crippen molar-refractivity contribution in [2.45, 2.75) is 32.2 Å². The third-order valence-electron chi connectivity index (χ3n) is 2.12. The Morgan fingerprint density at radius 1 is 1.25 bits per heavy atom. The highest BCUT2D eigenvalue weighted by Crippen LogP contribution is 2.04. The van der Waals surface area contributed by atoms with E-state index in [2.05, 4.69) is 4.74 Å². The molecule has 0 fully saturated rings. The van der Waals surface area contributed by atoms with Crippen molar-refractivity contribution in [2.24, 2.45) is 0 Å². The summed E-state index contributed by atoms with van der Waals surface area (Å²) in [7, 11) is -4.15. The van der Waals surface area contributed by atoms with E-state index < -0.39 is 39.7 Å². The van der Waals surface area contributed by atoms with Gasteiger partial charge in [0.25, 0.3) is 0 Å². The molecule has 20 heavy (non-hydrogen) atoms. The Bertz CT molecular complexity index is 458. The van der Waals surface area contributed by atoms with E-state index in [9.17, 15) is 22.8 Å². The zero-order valence-corrected chi connectivity index (χ0v) is 11.7. The fourth-order valence-electron chi connectivity index (χ4n) is 1.31. The minimum absolute atomic E-state index is 0.00573. The number of sulfonamides is 1. The molecule has 1 atom stereocenters. The van der Waals surface area contributed by atoms with Gasteiger partial charge in [0.2, 0.25) is 10.0 Å². The molecule has 0 unspecified atom stereocenters. The number of hydrogen-bond acceptors (Lipinski definition) is 6. The van der Waals surface area contributed by atoms with E-state index in [4.69, 9.17) is 10.2 Å². The third kappa shape index (κ3) is 8.43. The van der Waals surface area contributed by atoms with E-state index in [1.807, 2.05) is 4.72 Å². The number of carbonyl (C=O) groups excluding carboxylic acids is 1. The summed E-state index contributed by atoms with van der Waals surface area (Å²) in [5, 5.41) is 17.3. The minimum Gasteiger partial charge on any atom is -0.481 e. The molecule has 0 aromatic heterocycles. The first-order chi connectivity index (χ1) is 9.18. The normalized spacial score (nSPS) is 12.7. The van der Waals surface area contributed by atoms with Crippen LogP contribution in [0.25, 0.3) is 0 Å². The molecule has 0 heterocycles. The second-order valence-electron chi connectivity index (χ2n) is 3.86. The third-order valence-corrected chi connectivity index (χ3v) is 3.38. The molecule has 10 heteroatoms. The lowest BCUT2D eigenvalue weighted by Crippen LogP contribution is -2.43. The van der Waals surface area contributed by atoms with Gasteiger partial charge in [0.15, 0.2) is 5.75 Å². The number of hydrogen-bond donors (Lipinski definition) is 3. The van der Waals surface area contributed by atoms with E-state index in [0.717, 1.165) is 0 Å². The van der Waals surface area contributed by atoms with Crippen molar-refractivity contribution >= 4 is 27.9 Å². The molecule has 116 valence electrons. The molecule has 3 N–H and O–H groups in total. The highest BCUT2D eigenvalue weighted by molar-refractivity contribution is 7.90. The van der Waals surface area contributed by atoms with Gasteiger partial charge in [-0.15, -0.1) is 0 Å². The number of carbonyl (C=O) groups is 3. The monoisotopic (exact) mass is 311 g/mol. The van der Waals surface area contributed by atoms with Crippen molar-refractivity contribution < 1.29 is 37.8 Å². The zero-order valence-electron chi connectivity index (χ0n) is 10.9. The maximum atomic E-state index is 11.5. The number of esters is 1. The number of carboxylic acid groups (broad SMARTS) is 2. The topological polar surface area (TPSA) is 147 Å². The van der Waals surface area contributed by atoms with Crippen molar-refractivity contribution in [1.29, 1.82) is 0 Å². The van der Waals surface area contributed by atoms with Gasteiger partial charge in [0.1, 0.15) is 6.04 Å². The Morgan fingerprint density at radius 3 is 2.30 bits per heavy atom. The first kappa shape index (κ1) is 18.3. The second kappa shape index (κ2) is 8.48. The molecule has 0 aliphatic heterocycles. The maximum absolute atomic E-state index is 11.5. The summed E-state index contributed by atoms with van der Waals surface area (Å²) in [4.78, 5) is 32.2. The van der Waals surface area contributed by atoms with Crippen LogP contribution in [-0.2, 0) is 29.1 Å². The van der Waals surface area contributed by atoms with Gasteiger partial charge in [-0.3, -0.25) is 14.4 Å². The van der Waals surface area contributed by atoms with Gasteiger partial charge in [-0.25, -0.2) is 13.1 Å². The van der Waals surface area contributed by atoms with Crippen LogP contribution in [0.1, 0.15) is 26.2 Å². The van der Waals surface area contributed by atoms with Gasteiger partial charge in [-0.2, -0.15) is 0 Å². The number of carboxylic acids is 2. The zero-order chi connectivity index (χ0) is 15.8.